The summed E-state index contributed by atoms with van der Waals surface area (Å²) in [7, 11) is 1.89. The summed E-state index contributed by atoms with van der Waals surface area (Å²) in [6.45, 7) is 15.0. The van der Waals surface area contributed by atoms with Gasteiger partial charge in [0.15, 0.2) is 0 Å². The smallest absolute Gasteiger partial charge is 0.274 e. The van der Waals surface area contributed by atoms with Crippen molar-refractivity contribution in [2.45, 2.75) is 47.6 Å². The quantitative estimate of drug-likeness (QED) is 0.225. The van der Waals surface area contributed by atoms with E-state index in [1.54, 1.807) is 21.5 Å². The number of amides is 1. The summed E-state index contributed by atoms with van der Waals surface area (Å²) in [5.41, 5.74) is 7.74. The highest BCUT2D eigenvalue weighted by molar-refractivity contribution is 6.08. The fourth-order valence-electron chi connectivity index (χ4n) is 4.42. The normalized spacial score (nSPS) is 11.1. The van der Waals surface area contributed by atoms with Crippen molar-refractivity contribution in [3.63, 3.8) is 0 Å². The zero-order valence-corrected chi connectivity index (χ0v) is 24.1. The molecular formula is C32H37N7O. The number of aromatic nitrogens is 6. The summed E-state index contributed by atoms with van der Waals surface area (Å²) < 4.78 is 5.51. The maximum absolute atomic E-state index is 13.3. The van der Waals surface area contributed by atoms with Gasteiger partial charge in [-0.1, -0.05) is 56.7 Å². The van der Waals surface area contributed by atoms with E-state index in [4.69, 9.17) is 5.10 Å². The number of pyridine rings is 1. The highest BCUT2D eigenvalue weighted by Gasteiger charge is 2.17. The molecule has 0 atom stereocenters. The van der Waals surface area contributed by atoms with Gasteiger partial charge in [-0.05, 0) is 56.7 Å². The van der Waals surface area contributed by atoms with Crippen molar-refractivity contribution in [2.24, 2.45) is 7.05 Å². The largest absolute Gasteiger partial charge is 0.320 e. The van der Waals surface area contributed by atoms with Crippen LogP contribution in [0.3, 0.4) is 0 Å². The van der Waals surface area contributed by atoms with Gasteiger partial charge in [-0.3, -0.25) is 18.6 Å². The first-order valence-electron chi connectivity index (χ1n) is 13.5. The molecule has 1 N–H and O–H groups in total. The highest BCUT2D eigenvalue weighted by Crippen LogP contribution is 2.28. The number of imidazole rings is 1. The average Bonchev–Trinajstić information content (AvgIpc) is 3.61. The van der Waals surface area contributed by atoms with Crippen molar-refractivity contribution < 1.29 is 4.79 Å². The Morgan fingerprint density at radius 2 is 1.93 bits per heavy atom. The number of nitrogens with zero attached hydrogens (tertiary/aromatic N) is 6. The third-order valence-corrected chi connectivity index (χ3v) is 6.18. The van der Waals surface area contributed by atoms with Crippen molar-refractivity contribution >= 4 is 28.1 Å². The lowest BCUT2D eigenvalue weighted by molar-refractivity contribution is 0.102. The number of nitrogens with one attached hydrogen (secondary N) is 1. The molecule has 5 aromatic rings. The van der Waals surface area contributed by atoms with Crippen LogP contribution in [-0.4, -0.2) is 34.9 Å². The van der Waals surface area contributed by atoms with Crippen molar-refractivity contribution in [1.29, 1.82) is 0 Å². The van der Waals surface area contributed by atoms with Gasteiger partial charge in [0, 0.05) is 30.4 Å². The molecule has 1 amide bonds. The van der Waals surface area contributed by atoms with Crippen molar-refractivity contribution in [3.05, 3.63) is 102 Å². The number of carbonyl (C=O) groups is 1. The first kappa shape index (κ1) is 28.3. The van der Waals surface area contributed by atoms with E-state index in [2.05, 4.69) is 49.7 Å². The molecule has 40 heavy (non-hydrogen) atoms. The van der Waals surface area contributed by atoms with Gasteiger partial charge in [0.25, 0.3) is 5.91 Å². The van der Waals surface area contributed by atoms with Crippen LogP contribution in [0, 0.1) is 6.92 Å². The van der Waals surface area contributed by atoms with Gasteiger partial charge in [-0.25, -0.2) is 4.98 Å². The summed E-state index contributed by atoms with van der Waals surface area (Å²) in [4.78, 5) is 17.8. The molecule has 0 fully saturated rings. The van der Waals surface area contributed by atoms with Crippen molar-refractivity contribution in [1.82, 2.24) is 28.9 Å². The van der Waals surface area contributed by atoms with E-state index in [-0.39, 0.29) is 5.91 Å². The predicted molar refractivity (Wildman–Crippen MR) is 163 cm³/mol. The van der Waals surface area contributed by atoms with Crippen LogP contribution in [0.15, 0.2) is 90.9 Å². The zero-order chi connectivity index (χ0) is 28.8. The molecule has 0 spiro atoms. The topological polar surface area (TPSA) is 82.0 Å². The van der Waals surface area contributed by atoms with Crippen LogP contribution in [0.2, 0.25) is 0 Å². The third-order valence-electron chi connectivity index (χ3n) is 6.18. The maximum atomic E-state index is 13.3. The molecular weight excluding hydrogens is 498 g/mol. The SMILES string of the molecule is C=C(/C=C\C=C(C)C)Cn1nc(C)c2c(NC(=O)c3cnc4cc(-c5ccnn5C)ccn34)cccc21.CCC. The Morgan fingerprint density at radius 3 is 2.62 bits per heavy atom. The number of fused-ring (bicyclic) bond motifs is 2. The van der Waals surface area contributed by atoms with Crippen LogP contribution in [0.5, 0.6) is 0 Å². The summed E-state index contributed by atoms with van der Waals surface area (Å²) in [6, 6.07) is 11.7. The third kappa shape index (κ3) is 6.12. The van der Waals surface area contributed by atoms with Gasteiger partial charge in [-0.2, -0.15) is 10.2 Å². The van der Waals surface area contributed by atoms with Gasteiger partial charge in [-0.15, -0.1) is 0 Å². The molecule has 8 nitrogen and oxygen atoms in total. The summed E-state index contributed by atoms with van der Waals surface area (Å²) in [6.07, 6.45) is 12.5. The molecule has 4 aromatic heterocycles. The van der Waals surface area contributed by atoms with Crippen LogP contribution in [0.1, 0.15) is 50.3 Å². The van der Waals surface area contributed by atoms with Crippen LogP contribution in [0.25, 0.3) is 27.8 Å². The first-order valence-corrected chi connectivity index (χ1v) is 13.5. The number of anilines is 1. The Hall–Kier alpha value is -4.72. The minimum Gasteiger partial charge on any atom is -0.320 e. The highest BCUT2D eigenvalue weighted by atomic mass is 16.2. The van der Waals surface area contributed by atoms with Gasteiger partial charge in [0.05, 0.1) is 35.3 Å². The van der Waals surface area contributed by atoms with Gasteiger partial charge < -0.3 is 5.32 Å². The fraction of sp³-hybridized carbons (Fsp3) is 0.250. The molecule has 1 aromatic carbocycles. The van der Waals surface area contributed by atoms with Crippen LogP contribution < -0.4 is 5.32 Å². The second-order valence-corrected chi connectivity index (χ2v) is 9.99. The Balaban J connectivity index is 0.00000118. The second-order valence-electron chi connectivity index (χ2n) is 9.99. The Kier molecular flexibility index (Phi) is 8.79. The maximum Gasteiger partial charge on any atom is 0.274 e. The molecule has 0 aliphatic rings. The summed E-state index contributed by atoms with van der Waals surface area (Å²) in [5, 5.41) is 12.9. The number of aryl methyl sites for hydroxylation is 2. The molecule has 4 heterocycles. The number of rotatable bonds is 7. The molecule has 0 saturated carbocycles. The lowest BCUT2D eigenvalue weighted by Crippen LogP contribution is -2.14. The van der Waals surface area contributed by atoms with E-state index in [9.17, 15) is 4.79 Å². The van der Waals surface area contributed by atoms with Crippen molar-refractivity contribution in [2.75, 3.05) is 5.32 Å². The molecule has 5 rings (SSSR count). The fourth-order valence-corrected chi connectivity index (χ4v) is 4.42. The predicted octanol–water partition coefficient (Wildman–Crippen LogP) is 7.14. The van der Waals surface area contributed by atoms with Crippen LogP contribution in [-0.2, 0) is 13.6 Å². The van der Waals surface area contributed by atoms with Crippen LogP contribution in [0.4, 0.5) is 5.69 Å². The van der Waals surface area contributed by atoms with Crippen molar-refractivity contribution in [3.8, 4) is 11.3 Å². The zero-order valence-electron chi connectivity index (χ0n) is 24.1. The molecule has 0 radical (unpaired) electrons. The molecule has 0 unspecified atom stereocenters. The first-order chi connectivity index (χ1) is 19.2. The Morgan fingerprint density at radius 1 is 1.15 bits per heavy atom. The lowest BCUT2D eigenvalue weighted by Gasteiger charge is -2.09. The molecule has 8 heteroatoms. The summed E-state index contributed by atoms with van der Waals surface area (Å²) >= 11 is 0. The summed E-state index contributed by atoms with van der Waals surface area (Å²) in [5.74, 6) is -0.241. The molecule has 206 valence electrons. The van der Waals surface area contributed by atoms with Gasteiger partial charge in [0.2, 0.25) is 0 Å². The number of carbonyl (C=O) groups excluding carboxylic acids is 1. The minimum atomic E-state index is -0.241. The van der Waals surface area contributed by atoms with E-state index in [1.807, 2.05) is 79.5 Å². The van der Waals surface area contributed by atoms with E-state index in [1.165, 1.54) is 12.0 Å². The molecule has 0 bridgehead atoms. The van der Waals surface area contributed by atoms with E-state index in [0.717, 1.165) is 33.4 Å². The minimum absolute atomic E-state index is 0.241. The van der Waals surface area contributed by atoms with Gasteiger partial charge >= 0.3 is 0 Å². The number of hydrogen-bond acceptors (Lipinski definition) is 4. The molecule has 0 saturated heterocycles. The average molecular weight is 536 g/mol. The van der Waals surface area contributed by atoms with E-state index in [0.29, 0.717) is 23.6 Å². The van der Waals surface area contributed by atoms with E-state index < -0.39 is 0 Å². The Labute approximate surface area is 235 Å². The standard InChI is InChI=1S/C29H29N7O.C3H8/c1-19(2)8-6-9-20(3)18-36-25-11-7-10-23(28(25)21(4)33-36)32-29(37)26-17-30-27-16-22(13-15-35(26)27)24-12-14-31-34(24)5;1-3-2/h6-17H,3,18H2,1-2,4-5H3,(H,32,37);3H2,1-2H3/b9-6-;. The second kappa shape index (κ2) is 12.4. The van der Waals surface area contributed by atoms with E-state index >= 15 is 0 Å². The van der Waals surface area contributed by atoms with Crippen LogP contribution >= 0.6 is 0 Å². The number of allylic oxidation sites excluding steroid dienone is 5. The monoisotopic (exact) mass is 535 g/mol. The molecule has 0 aliphatic heterocycles. The lowest BCUT2D eigenvalue weighted by atomic mass is 10.1. The molecule has 0 aliphatic carbocycles. The number of hydrogen-bond donors (Lipinski definition) is 1. The number of benzene rings is 1. The Bertz CT molecular complexity index is 1720. The van der Waals surface area contributed by atoms with Gasteiger partial charge in [0.1, 0.15) is 11.3 Å².